The van der Waals surface area contributed by atoms with Gasteiger partial charge in [0.1, 0.15) is 13.1 Å². The van der Waals surface area contributed by atoms with Gasteiger partial charge in [-0.25, -0.2) is 0 Å². The molecule has 0 amide bonds. The van der Waals surface area contributed by atoms with E-state index < -0.39 is 0 Å². The van der Waals surface area contributed by atoms with Gasteiger partial charge in [0.05, 0.1) is 45.0 Å². The third-order valence-electron chi connectivity index (χ3n) is 5.80. The molecule has 4 rings (SSSR count). The lowest BCUT2D eigenvalue weighted by Gasteiger charge is -2.39. The van der Waals surface area contributed by atoms with Gasteiger partial charge in [-0.1, -0.05) is 0 Å². The van der Waals surface area contributed by atoms with E-state index in [9.17, 15) is 4.79 Å². The number of likely N-dealkylation sites (N-methyl/N-ethyl adjacent to an activating group) is 1. The maximum atomic E-state index is 13.1. The van der Waals surface area contributed by atoms with Crippen LogP contribution < -0.4 is 40.7 Å². The van der Waals surface area contributed by atoms with Crippen molar-refractivity contribution in [3.63, 3.8) is 0 Å². The molecule has 9 heteroatoms. The van der Waals surface area contributed by atoms with Crippen LogP contribution in [0.4, 0.5) is 0 Å². The van der Waals surface area contributed by atoms with Gasteiger partial charge in [0.2, 0.25) is 18.3 Å². The third kappa shape index (κ3) is 4.23. The molecule has 31 heavy (non-hydrogen) atoms. The zero-order valence-corrected chi connectivity index (χ0v) is 21.1. The normalized spacial score (nSPS) is 18.6. The van der Waals surface area contributed by atoms with Crippen LogP contribution in [0.25, 0.3) is 0 Å². The van der Waals surface area contributed by atoms with Crippen LogP contribution in [0.5, 0.6) is 28.7 Å². The molecule has 2 heterocycles. The predicted octanol–water partition coefficient (Wildman–Crippen LogP) is 0.593. The Hall–Kier alpha value is -1.97. The summed E-state index contributed by atoms with van der Waals surface area (Å²) in [5, 5.41) is 0. The number of benzene rings is 2. The fourth-order valence-electron chi connectivity index (χ4n) is 4.22. The largest absolute Gasteiger partial charge is 1.00 e. The molecule has 0 saturated carbocycles. The van der Waals surface area contributed by atoms with Crippen molar-refractivity contribution in [3.8, 4) is 28.7 Å². The Morgan fingerprint density at radius 2 is 1.77 bits per heavy atom. The van der Waals surface area contributed by atoms with E-state index in [0.717, 1.165) is 28.6 Å². The average molecular weight is 559 g/mol. The molecule has 7 nitrogen and oxygen atoms in total. The molecular formula is C22H25Br2NO6. The lowest BCUT2D eigenvalue weighted by atomic mass is 9.95. The van der Waals surface area contributed by atoms with Gasteiger partial charge in [-0.05, 0) is 39.7 Å². The summed E-state index contributed by atoms with van der Waals surface area (Å²) >= 11 is 3.68. The van der Waals surface area contributed by atoms with E-state index in [4.69, 9.17) is 23.7 Å². The molecule has 0 spiro atoms. The third-order valence-corrected chi connectivity index (χ3v) is 6.64. The predicted molar refractivity (Wildman–Crippen MR) is 114 cm³/mol. The minimum Gasteiger partial charge on any atom is -1.00 e. The Balaban J connectivity index is 0.00000272. The summed E-state index contributed by atoms with van der Waals surface area (Å²) in [7, 11) is 6.88. The number of Topliss-reactive ketones (excluding diaryl/α,β-unsaturated/α-hetero) is 1. The molecule has 2 aliphatic heterocycles. The second-order valence-corrected chi connectivity index (χ2v) is 8.56. The first-order valence-electron chi connectivity index (χ1n) is 9.66. The van der Waals surface area contributed by atoms with Crippen molar-refractivity contribution in [2.45, 2.75) is 13.0 Å². The fourth-order valence-corrected chi connectivity index (χ4v) is 4.95. The lowest BCUT2D eigenvalue weighted by molar-refractivity contribution is -0.916. The van der Waals surface area contributed by atoms with E-state index in [2.05, 4.69) is 23.0 Å². The number of hydrogen-bond donors (Lipinski definition) is 0. The number of carbonyl (C=O) groups excluding carboxylic acids is 1. The van der Waals surface area contributed by atoms with Gasteiger partial charge in [0, 0.05) is 12.0 Å². The van der Waals surface area contributed by atoms with E-state index in [1.807, 2.05) is 0 Å². The molecule has 2 aromatic carbocycles. The van der Waals surface area contributed by atoms with Crippen molar-refractivity contribution >= 4 is 21.7 Å². The smallest absolute Gasteiger partial charge is 0.231 e. The monoisotopic (exact) mass is 557 g/mol. The highest BCUT2D eigenvalue weighted by Gasteiger charge is 2.38. The first-order chi connectivity index (χ1) is 14.4. The van der Waals surface area contributed by atoms with E-state index in [1.54, 1.807) is 39.5 Å². The number of quaternary nitrogens is 1. The van der Waals surface area contributed by atoms with Crippen molar-refractivity contribution in [3.05, 3.63) is 39.4 Å². The molecule has 0 fully saturated rings. The number of ether oxygens (including phenoxy) is 5. The van der Waals surface area contributed by atoms with Gasteiger partial charge in [-0.15, -0.1) is 0 Å². The summed E-state index contributed by atoms with van der Waals surface area (Å²) in [5.41, 5.74) is 2.82. The average Bonchev–Trinajstić information content (AvgIpc) is 3.23. The summed E-state index contributed by atoms with van der Waals surface area (Å²) in [6, 6.07) is 5.28. The van der Waals surface area contributed by atoms with E-state index in [1.165, 1.54) is 0 Å². The molecule has 0 aliphatic carbocycles. The fraction of sp³-hybridized carbons (Fsp3) is 0.409. The van der Waals surface area contributed by atoms with Gasteiger partial charge < -0.3 is 45.1 Å². The maximum Gasteiger partial charge on any atom is 0.231 e. The number of rotatable bonds is 6. The molecule has 0 bridgehead atoms. The van der Waals surface area contributed by atoms with Crippen molar-refractivity contribution in [1.29, 1.82) is 0 Å². The standard InChI is InChI=1S/C22H25BrNO6.BrH/c1-24(11-16(25)13-5-6-17(26-2)18(9-13)27-3)8-7-14-15(10-24)20(28-4)22-21(19(14)23)29-12-30-22;/h5-6,9H,7-8,10-12H2,1-4H3;1H/q+1;/p-1. The van der Waals surface area contributed by atoms with Crippen molar-refractivity contribution in [2.75, 3.05) is 48.3 Å². The topological polar surface area (TPSA) is 63.2 Å². The molecule has 0 N–H and O–H groups in total. The number of nitrogens with zero attached hydrogens (tertiary/aromatic N) is 1. The summed E-state index contributed by atoms with van der Waals surface area (Å²) in [5.74, 6) is 3.23. The summed E-state index contributed by atoms with van der Waals surface area (Å²) in [6.07, 6.45) is 0.804. The summed E-state index contributed by atoms with van der Waals surface area (Å²) in [6.45, 7) is 2.03. The highest BCUT2D eigenvalue weighted by Crippen LogP contribution is 2.52. The van der Waals surface area contributed by atoms with Crippen molar-refractivity contribution in [2.24, 2.45) is 0 Å². The number of hydrogen-bond acceptors (Lipinski definition) is 6. The number of methoxy groups -OCH3 is 3. The SMILES string of the molecule is COc1ccc(C(=O)C[N+]2(C)CCc3c(Br)c4c(c(OC)c3C2)OCO4)cc1OC.[Br-]. The number of ketones is 1. The molecule has 0 aromatic heterocycles. The van der Waals surface area contributed by atoms with Crippen molar-refractivity contribution < 1.29 is 49.9 Å². The van der Waals surface area contributed by atoms with E-state index >= 15 is 0 Å². The van der Waals surface area contributed by atoms with Crippen LogP contribution in [0.2, 0.25) is 0 Å². The van der Waals surface area contributed by atoms with Gasteiger partial charge in [0.15, 0.2) is 23.0 Å². The van der Waals surface area contributed by atoms with Crippen molar-refractivity contribution in [1.82, 2.24) is 0 Å². The second-order valence-electron chi connectivity index (χ2n) is 7.77. The second kappa shape index (κ2) is 9.26. The summed E-state index contributed by atoms with van der Waals surface area (Å²) < 4.78 is 29.1. The number of carbonyl (C=O) groups is 1. The van der Waals surface area contributed by atoms with Crippen LogP contribution in [-0.4, -0.2) is 58.5 Å². The van der Waals surface area contributed by atoms with Gasteiger partial charge in [-0.3, -0.25) is 4.79 Å². The molecule has 2 aromatic rings. The highest BCUT2D eigenvalue weighted by molar-refractivity contribution is 9.10. The van der Waals surface area contributed by atoms with E-state index in [-0.39, 0.29) is 29.6 Å². The lowest BCUT2D eigenvalue weighted by Crippen LogP contribution is -3.00. The Morgan fingerprint density at radius 3 is 2.45 bits per heavy atom. The molecule has 168 valence electrons. The zero-order chi connectivity index (χ0) is 21.5. The molecule has 1 unspecified atom stereocenters. The minimum atomic E-state index is 0. The van der Waals surface area contributed by atoms with Gasteiger partial charge in [-0.2, -0.15) is 0 Å². The molecule has 1 atom stereocenters. The summed E-state index contributed by atoms with van der Waals surface area (Å²) in [4.78, 5) is 13.1. The van der Waals surface area contributed by atoms with Gasteiger partial charge in [0.25, 0.3) is 0 Å². The minimum absolute atomic E-state index is 0. The van der Waals surface area contributed by atoms with Crippen LogP contribution in [0, 0.1) is 0 Å². The van der Waals surface area contributed by atoms with Crippen LogP contribution in [0.15, 0.2) is 22.7 Å². The first kappa shape index (κ1) is 23.7. The molecule has 2 aliphatic rings. The molecular weight excluding hydrogens is 534 g/mol. The van der Waals surface area contributed by atoms with Crippen LogP contribution in [-0.2, 0) is 13.0 Å². The number of fused-ring (bicyclic) bond motifs is 2. The maximum absolute atomic E-state index is 13.1. The Bertz CT molecular complexity index is 1010. The Labute approximate surface area is 200 Å². The highest BCUT2D eigenvalue weighted by atomic mass is 79.9. The quantitative estimate of drug-likeness (QED) is 0.382. The van der Waals surface area contributed by atoms with Gasteiger partial charge >= 0.3 is 0 Å². The van der Waals surface area contributed by atoms with Crippen LogP contribution in [0.3, 0.4) is 0 Å². The molecule has 0 radical (unpaired) electrons. The van der Waals surface area contributed by atoms with E-state index in [0.29, 0.717) is 51.9 Å². The Morgan fingerprint density at radius 1 is 1.06 bits per heavy atom. The zero-order valence-electron chi connectivity index (χ0n) is 17.9. The number of halogens is 2. The van der Waals surface area contributed by atoms with Crippen LogP contribution in [0.1, 0.15) is 21.5 Å². The van der Waals surface area contributed by atoms with Crippen LogP contribution >= 0.6 is 15.9 Å². The molecule has 0 saturated heterocycles. The Kier molecular flexibility index (Phi) is 7.08. The first-order valence-corrected chi connectivity index (χ1v) is 10.5.